The fourth-order valence-corrected chi connectivity index (χ4v) is 5.76. The minimum absolute atomic E-state index is 0.0279. The van der Waals surface area contributed by atoms with Crippen molar-refractivity contribution in [2.45, 2.75) is 83.0 Å². The second-order valence-electron chi connectivity index (χ2n) is 10.8. The van der Waals surface area contributed by atoms with E-state index >= 15 is 0 Å². The van der Waals surface area contributed by atoms with Gasteiger partial charge in [0.25, 0.3) is 0 Å². The van der Waals surface area contributed by atoms with E-state index in [0.717, 1.165) is 37.7 Å². The monoisotopic (exact) mass is 632 g/mol. The molecule has 0 radical (unpaired) electrons. The molecular formula is C30H34F6N2O6. The van der Waals surface area contributed by atoms with Crippen LogP contribution in [-0.4, -0.2) is 50.1 Å². The molecule has 1 fully saturated rings. The smallest absolute Gasteiger partial charge is 0.416 e. The Hall–Kier alpha value is -3.84. The highest BCUT2D eigenvalue weighted by Gasteiger charge is 2.42. The third-order valence-corrected chi connectivity index (χ3v) is 7.78. The van der Waals surface area contributed by atoms with E-state index in [1.807, 2.05) is 0 Å². The number of nitrogens with zero attached hydrogens (tertiary/aromatic N) is 2. The molecule has 14 heteroatoms. The van der Waals surface area contributed by atoms with Gasteiger partial charge in [0.1, 0.15) is 0 Å². The van der Waals surface area contributed by atoms with Crippen molar-refractivity contribution >= 4 is 17.9 Å². The van der Waals surface area contributed by atoms with Gasteiger partial charge < -0.3 is 18.9 Å². The molecule has 2 aliphatic rings. The van der Waals surface area contributed by atoms with Gasteiger partial charge in [-0.2, -0.15) is 26.3 Å². The van der Waals surface area contributed by atoms with Crippen LogP contribution in [-0.2, 0) is 28.4 Å². The number of carbonyl (C=O) groups excluding carboxylic acids is 2. The molecule has 0 spiro atoms. The lowest BCUT2D eigenvalue weighted by molar-refractivity contribution is -0.143. The third-order valence-electron chi connectivity index (χ3n) is 7.78. The molecule has 4 rings (SSSR count). The summed E-state index contributed by atoms with van der Waals surface area (Å²) in [5.41, 5.74) is -2.77. The molecule has 2 aromatic rings. The molecule has 242 valence electrons. The molecule has 2 atom stereocenters. The summed E-state index contributed by atoms with van der Waals surface area (Å²) < 4.78 is 104. The van der Waals surface area contributed by atoms with E-state index < -0.39 is 59.9 Å². The molecule has 1 saturated carbocycles. The standard InChI is InChI=1S/C30H34F6N2O6/c1-5-43-28(40)38-17(2)10-23(22-14-26(25(41-3)15-24(22)38)44-21-8-6-7-9-21)37(27(39)42-4)16-18-11-19(29(31,32)33)13-20(12-18)30(34,35)36/h11-15,17,21,23H,5-10,16H2,1-4H3/t17-,23+/m0/s1. The zero-order valence-electron chi connectivity index (χ0n) is 24.7. The average Bonchev–Trinajstić information content (AvgIpc) is 3.47. The first kappa shape index (κ1) is 33.1. The van der Waals surface area contributed by atoms with Crippen LogP contribution in [0, 0.1) is 0 Å². The first-order chi connectivity index (χ1) is 20.7. The maximum absolute atomic E-state index is 13.6. The lowest BCUT2D eigenvalue weighted by Gasteiger charge is -2.42. The number of halogens is 6. The highest BCUT2D eigenvalue weighted by molar-refractivity contribution is 5.91. The number of hydrogen-bond acceptors (Lipinski definition) is 6. The van der Waals surface area contributed by atoms with Crippen molar-refractivity contribution in [3.05, 3.63) is 52.6 Å². The van der Waals surface area contributed by atoms with Crippen molar-refractivity contribution in [3.63, 3.8) is 0 Å². The number of rotatable bonds is 7. The molecule has 1 heterocycles. The van der Waals surface area contributed by atoms with E-state index in [-0.39, 0.29) is 30.9 Å². The number of hydrogen-bond donors (Lipinski definition) is 0. The molecule has 1 aliphatic carbocycles. The molecule has 1 aliphatic heterocycles. The number of anilines is 1. The second-order valence-corrected chi connectivity index (χ2v) is 10.8. The Morgan fingerprint density at radius 3 is 2.07 bits per heavy atom. The third kappa shape index (κ3) is 7.10. The van der Waals surface area contributed by atoms with E-state index in [2.05, 4.69) is 0 Å². The highest BCUT2D eigenvalue weighted by Crippen LogP contribution is 2.47. The normalized spacial score (nSPS) is 18.9. The maximum atomic E-state index is 13.6. The zero-order chi connectivity index (χ0) is 32.4. The summed E-state index contributed by atoms with van der Waals surface area (Å²) in [6, 6.07) is 2.77. The van der Waals surface area contributed by atoms with Crippen molar-refractivity contribution < 1.29 is 54.9 Å². The topological polar surface area (TPSA) is 77.5 Å². The minimum atomic E-state index is -5.07. The second kappa shape index (κ2) is 13.0. The molecule has 0 saturated heterocycles. The zero-order valence-corrected chi connectivity index (χ0v) is 24.7. The number of ether oxygens (including phenoxy) is 4. The fraction of sp³-hybridized carbons (Fsp3) is 0.533. The quantitative estimate of drug-likeness (QED) is 0.287. The van der Waals surface area contributed by atoms with Crippen LogP contribution in [0.2, 0.25) is 0 Å². The number of amides is 2. The number of carbonyl (C=O) groups is 2. The number of benzene rings is 2. The van der Waals surface area contributed by atoms with Gasteiger partial charge in [-0.1, -0.05) is 0 Å². The van der Waals surface area contributed by atoms with Crippen LogP contribution in [0.1, 0.15) is 74.2 Å². The Bertz CT molecular complexity index is 1330. The lowest BCUT2D eigenvalue weighted by atomic mass is 9.90. The Kier molecular flexibility index (Phi) is 9.79. The average molecular weight is 633 g/mol. The summed E-state index contributed by atoms with van der Waals surface area (Å²) in [5.74, 6) is 0.625. The van der Waals surface area contributed by atoms with Crippen LogP contribution >= 0.6 is 0 Å². The minimum Gasteiger partial charge on any atom is -0.493 e. The summed E-state index contributed by atoms with van der Waals surface area (Å²) in [4.78, 5) is 28.7. The van der Waals surface area contributed by atoms with E-state index in [4.69, 9.17) is 18.9 Å². The number of alkyl halides is 6. The Morgan fingerprint density at radius 2 is 1.55 bits per heavy atom. The van der Waals surface area contributed by atoms with Crippen LogP contribution < -0.4 is 14.4 Å². The van der Waals surface area contributed by atoms with Gasteiger partial charge in [0.05, 0.1) is 49.8 Å². The predicted octanol–water partition coefficient (Wildman–Crippen LogP) is 8.12. The van der Waals surface area contributed by atoms with Gasteiger partial charge in [0.15, 0.2) is 11.5 Å². The molecule has 2 aromatic carbocycles. The molecule has 0 aromatic heterocycles. The highest BCUT2D eigenvalue weighted by atomic mass is 19.4. The van der Waals surface area contributed by atoms with Gasteiger partial charge in [-0.25, -0.2) is 9.59 Å². The first-order valence-corrected chi connectivity index (χ1v) is 14.1. The van der Waals surface area contributed by atoms with Gasteiger partial charge in [-0.05, 0) is 75.8 Å². The van der Waals surface area contributed by atoms with Crippen LogP contribution in [0.4, 0.5) is 41.6 Å². The fourth-order valence-electron chi connectivity index (χ4n) is 5.76. The van der Waals surface area contributed by atoms with Crippen molar-refractivity contribution in [1.82, 2.24) is 4.90 Å². The number of fused-ring (bicyclic) bond motifs is 1. The van der Waals surface area contributed by atoms with Gasteiger partial charge in [0.2, 0.25) is 0 Å². The SMILES string of the molecule is CCOC(=O)N1c2cc(OC)c(OC3CCCC3)cc2[C@H](N(Cc2cc(C(F)(F)F)cc(C(F)(F)F)c2)C(=O)OC)C[C@@H]1C. The summed E-state index contributed by atoms with van der Waals surface area (Å²) in [6.45, 7) is 2.75. The Balaban J connectivity index is 1.86. The molecule has 2 amide bonds. The van der Waals surface area contributed by atoms with E-state index in [9.17, 15) is 35.9 Å². The largest absolute Gasteiger partial charge is 0.493 e. The summed E-state index contributed by atoms with van der Waals surface area (Å²) >= 11 is 0. The number of methoxy groups -OCH3 is 2. The maximum Gasteiger partial charge on any atom is 0.416 e. The van der Waals surface area contributed by atoms with Crippen LogP contribution in [0.5, 0.6) is 11.5 Å². The summed E-state index contributed by atoms with van der Waals surface area (Å²) in [6.07, 6.45) is -8.29. The van der Waals surface area contributed by atoms with Gasteiger partial charge >= 0.3 is 24.5 Å². The molecule has 0 bridgehead atoms. The predicted molar refractivity (Wildman–Crippen MR) is 147 cm³/mol. The molecule has 0 N–H and O–H groups in total. The molecule has 8 nitrogen and oxygen atoms in total. The van der Waals surface area contributed by atoms with Crippen LogP contribution in [0.15, 0.2) is 30.3 Å². The van der Waals surface area contributed by atoms with Crippen molar-refractivity contribution in [1.29, 1.82) is 0 Å². The van der Waals surface area contributed by atoms with E-state index in [1.165, 1.54) is 12.0 Å². The van der Waals surface area contributed by atoms with Gasteiger partial charge in [-0.15, -0.1) is 0 Å². The van der Waals surface area contributed by atoms with Crippen molar-refractivity contribution in [2.24, 2.45) is 0 Å². The van der Waals surface area contributed by atoms with Crippen LogP contribution in [0.3, 0.4) is 0 Å². The summed E-state index contributed by atoms with van der Waals surface area (Å²) in [7, 11) is 2.48. The molecule has 44 heavy (non-hydrogen) atoms. The Labute approximate surface area is 250 Å². The van der Waals surface area contributed by atoms with E-state index in [1.54, 1.807) is 26.0 Å². The molecular weight excluding hydrogens is 598 g/mol. The van der Waals surface area contributed by atoms with Crippen LogP contribution in [0.25, 0.3) is 0 Å². The van der Waals surface area contributed by atoms with Gasteiger partial charge in [0, 0.05) is 24.2 Å². The summed E-state index contributed by atoms with van der Waals surface area (Å²) in [5, 5.41) is 0. The molecule has 0 unspecified atom stereocenters. The van der Waals surface area contributed by atoms with Crippen molar-refractivity contribution in [2.75, 3.05) is 25.7 Å². The lowest BCUT2D eigenvalue weighted by Crippen LogP contribution is -2.47. The van der Waals surface area contributed by atoms with E-state index in [0.29, 0.717) is 29.2 Å². The van der Waals surface area contributed by atoms with Gasteiger partial charge in [-0.3, -0.25) is 9.80 Å². The first-order valence-electron chi connectivity index (χ1n) is 14.1. The Morgan fingerprint density at radius 1 is 0.932 bits per heavy atom. The van der Waals surface area contributed by atoms with Crippen molar-refractivity contribution in [3.8, 4) is 11.5 Å².